The summed E-state index contributed by atoms with van der Waals surface area (Å²) >= 11 is 5.70. The Morgan fingerprint density at radius 2 is 2.06 bits per heavy atom. The highest BCUT2D eigenvalue weighted by molar-refractivity contribution is 6.29. The zero-order valence-electron chi connectivity index (χ0n) is 9.49. The topological polar surface area (TPSA) is 66.9 Å². The highest BCUT2D eigenvalue weighted by atomic mass is 35.5. The van der Waals surface area contributed by atoms with Gasteiger partial charge < -0.3 is 10.6 Å². The van der Waals surface area contributed by atoms with Crippen LogP contribution in [0.25, 0.3) is 0 Å². The van der Waals surface area contributed by atoms with Crippen LogP contribution in [0, 0.1) is 0 Å². The molecule has 5 nitrogen and oxygen atoms in total. The number of nitrogens with one attached hydrogen (secondary N) is 2. The van der Waals surface area contributed by atoms with Crippen LogP contribution >= 0.6 is 11.6 Å². The number of anilines is 1. The molecule has 0 radical (unpaired) electrons. The van der Waals surface area contributed by atoms with E-state index >= 15 is 0 Å². The molecule has 0 aliphatic carbocycles. The standard InChI is InChI=1S/C10H15ClN4O/c1-6(2)14-10(16)7(3)15-9-4-8(11)12-5-13-9/h4-7H,1-3H3,(H,14,16)(H,12,13,15). The van der Waals surface area contributed by atoms with E-state index in [1.54, 1.807) is 13.0 Å². The van der Waals surface area contributed by atoms with Crippen LogP contribution in [0.5, 0.6) is 0 Å². The van der Waals surface area contributed by atoms with Gasteiger partial charge in [-0.2, -0.15) is 0 Å². The summed E-state index contributed by atoms with van der Waals surface area (Å²) < 4.78 is 0. The molecule has 1 aromatic heterocycles. The van der Waals surface area contributed by atoms with Crippen molar-refractivity contribution in [2.24, 2.45) is 0 Å². The Labute approximate surface area is 99.6 Å². The quantitative estimate of drug-likeness (QED) is 0.785. The number of hydrogen-bond donors (Lipinski definition) is 2. The van der Waals surface area contributed by atoms with Gasteiger partial charge >= 0.3 is 0 Å². The number of carbonyl (C=O) groups excluding carboxylic acids is 1. The zero-order chi connectivity index (χ0) is 12.1. The van der Waals surface area contributed by atoms with Crippen molar-refractivity contribution in [2.75, 3.05) is 5.32 Å². The highest BCUT2D eigenvalue weighted by Crippen LogP contribution is 2.09. The first-order valence-electron chi connectivity index (χ1n) is 5.03. The number of hydrogen-bond acceptors (Lipinski definition) is 4. The van der Waals surface area contributed by atoms with E-state index < -0.39 is 0 Å². The fraction of sp³-hybridized carbons (Fsp3) is 0.500. The van der Waals surface area contributed by atoms with Crippen LogP contribution in [0.1, 0.15) is 20.8 Å². The van der Waals surface area contributed by atoms with Gasteiger partial charge in [0.25, 0.3) is 0 Å². The van der Waals surface area contributed by atoms with Gasteiger partial charge in [-0.1, -0.05) is 11.6 Å². The minimum atomic E-state index is -0.367. The summed E-state index contributed by atoms with van der Waals surface area (Å²) in [5.74, 6) is 0.455. The molecular weight excluding hydrogens is 228 g/mol. The molecule has 6 heteroatoms. The molecule has 0 aromatic carbocycles. The van der Waals surface area contributed by atoms with E-state index in [0.29, 0.717) is 11.0 Å². The van der Waals surface area contributed by atoms with E-state index in [2.05, 4.69) is 20.6 Å². The molecule has 0 saturated heterocycles. The van der Waals surface area contributed by atoms with Crippen LogP contribution in [-0.2, 0) is 4.79 Å². The van der Waals surface area contributed by atoms with E-state index in [1.807, 2.05) is 13.8 Å². The second-order valence-electron chi connectivity index (χ2n) is 3.76. The lowest BCUT2D eigenvalue weighted by molar-refractivity contribution is -0.122. The average Bonchev–Trinajstić information content (AvgIpc) is 2.16. The number of aromatic nitrogens is 2. The van der Waals surface area contributed by atoms with Gasteiger partial charge in [0.05, 0.1) is 0 Å². The minimum Gasteiger partial charge on any atom is -0.358 e. The molecule has 1 rings (SSSR count). The van der Waals surface area contributed by atoms with Crippen LogP contribution in [0.4, 0.5) is 5.82 Å². The van der Waals surface area contributed by atoms with E-state index in [4.69, 9.17) is 11.6 Å². The van der Waals surface area contributed by atoms with Crippen LogP contribution in [0.2, 0.25) is 5.15 Å². The van der Waals surface area contributed by atoms with Gasteiger partial charge in [-0.25, -0.2) is 9.97 Å². The monoisotopic (exact) mass is 242 g/mol. The molecule has 1 unspecified atom stereocenters. The van der Waals surface area contributed by atoms with E-state index in [9.17, 15) is 4.79 Å². The number of carbonyl (C=O) groups is 1. The van der Waals surface area contributed by atoms with Gasteiger partial charge in [-0.05, 0) is 20.8 Å². The maximum Gasteiger partial charge on any atom is 0.242 e. The summed E-state index contributed by atoms with van der Waals surface area (Å²) in [5, 5.41) is 6.08. The third-order valence-electron chi connectivity index (χ3n) is 1.82. The lowest BCUT2D eigenvalue weighted by atomic mass is 10.3. The molecule has 2 N–H and O–H groups in total. The highest BCUT2D eigenvalue weighted by Gasteiger charge is 2.13. The summed E-state index contributed by atoms with van der Waals surface area (Å²) in [6.07, 6.45) is 1.34. The first kappa shape index (κ1) is 12.7. The third-order valence-corrected chi connectivity index (χ3v) is 2.03. The SMILES string of the molecule is CC(C)NC(=O)C(C)Nc1cc(Cl)ncn1. The Morgan fingerprint density at radius 1 is 1.38 bits per heavy atom. The Morgan fingerprint density at radius 3 is 2.62 bits per heavy atom. The second kappa shape index (κ2) is 5.65. The number of rotatable bonds is 4. The molecule has 1 heterocycles. The molecule has 1 amide bonds. The first-order chi connectivity index (χ1) is 7.49. The van der Waals surface area contributed by atoms with Crippen molar-refractivity contribution in [1.82, 2.24) is 15.3 Å². The molecule has 16 heavy (non-hydrogen) atoms. The van der Waals surface area contributed by atoms with E-state index in [-0.39, 0.29) is 18.0 Å². The lowest BCUT2D eigenvalue weighted by Crippen LogP contribution is -2.41. The first-order valence-corrected chi connectivity index (χ1v) is 5.41. The maximum atomic E-state index is 11.6. The van der Waals surface area contributed by atoms with Gasteiger partial charge in [0.15, 0.2) is 0 Å². The van der Waals surface area contributed by atoms with Crippen molar-refractivity contribution in [2.45, 2.75) is 32.9 Å². The van der Waals surface area contributed by atoms with Gasteiger partial charge in [-0.3, -0.25) is 4.79 Å². The van der Waals surface area contributed by atoms with Gasteiger partial charge in [0, 0.05) is 12.1 Å². The van der Waals surface area contributed by atoms with E-state index in [1.165, 1.54) is 6.33 Å². The molecule has 0 spiro atoms. The van der Waals surface area contributed by atoms with Crippen LogP contribution in [0.3, 0.4) is 0 Å². The smallest absolute Gasteiger partial charge is 0.242 e. The Hall–Kier alpha value is -1.36. The van der Waals surface area contributed by atoms with Crippen molar-refractivity contribution >= 4 is 23.3 Å². The molecule has 0 bridgehead atoms. The second-order valence-corrected chi connectivity index (χ2v) is 4.14. The van der Waals surface area contributed by atoms with Crippen molar-refractivity contribution < 1.29 is 4.79 Å². The van der Waals surface area contributed by atoms with Crippen LogP contribution in [0.15, 0.2) is 12.4 Å². The summed E-state index contributed by atoms with van der Waals surface area (Å²) in [4.78, 5) is 19.3. The van der Waals surface area contributed by atoms with Crippen molar-refractivity contribution in [3.05, 3.63) is 17.5 Å². The molecule has 0 aliphatic heterocycles. The summed E-state index contributed by atoms with van der Waals surface area (Å²) in [6, 6.07) is 1.32. The predicted molar refractivity (Wildman–Crippen MR) is 63.4 cm³/mol. The van der Waals surface area contributed by atoms with Crippen molar-refractivity contribution in [1.29, 1.82) is 0 Å². The summed E-state index contributed by atoms with van der Waals surface area (Å²) in [6.45, 7) is 5.58. The number of nitrogens with zero attached hydrogens (tertiary/aromatic N) is 2. The molecule has 0 aliphatic rings. The fourth-order valence-corrected chi connectivity index (χ4v) is 1.26. The van der Waals surface area contributed by atoms with Crippen LogP contribution < -0.4 is 10.6 Å². The third kappa shape index (κ3) is 4.02. The normalized spacial score (nSPS) is 12.3. The van der Waals surface area contributed by atoms with E-state index in [0.717, 1.165) is 0 Å². The zero-order valence-corrected chi connectivity index (χ0v) is 10.2. The minimum absolute atomic E-state index is 0.0789. The molecular formula is C10H15ClN4O. The Kier molecular flexibility index (Phi) is 4.49. The Balaban J connectivity index is 2.57. The summed E-state index contributed by atoms with van der Waals surface area (Å²) in [5.41, 5.74) is 0. The molecule has 0 fully saturated rings. The molecule has 1 aromatic rings. The van der Waals surface area contributed by atoms with Gasteiger partial charge in [0.1, 0.15) is 23.3 Å². The Bertz CT molecular complexity index is 370. The predicted octanol–water partition coefficient (Wildman–Crippen LogP) is 1.45. The number of amides is 1. The lowest BCUT2D eigenvalue weighted by Gasteiger charge is -2.16. The number of halogens is 1. The molecule has 88 valence electrons. The fourth-order valence-electron chi connectivity index (χ4n) is 1.11. The molecule has 0 saturated carbocycles. The van der Waals surface area contributed by atoms with Gasteiger partial charge in [0.2, 0.25) is 5.91 Å². The van der Waals surface area contributed by atoms with Crippen molar-refractivity contribution in [3.63, 3.8) is 0 Å². The largest absolute Gasteiger partial charge is 0.358 e. The maximum absolute atomic E-state index is 11.6. The average molecular weight is 243 g/mol. The van der Waals surface area contributed by atoms with Crippen LogP contribution in [-0.4, -0.2) is 28.0 Å². The summed E-state index contributed by atoms with van der Waals surface area (Å²) in [7, 11) is 0. The molecule has 1 atom stereocenters. The van der Waals surface area contributed by atoms with Crippen molar-refractivity contribution in [3.8, 4) is 0 Å². The van der Waals surface area contributed by atoms with Gasteiger partial charge in [-0.15, -0.1) is 0 Å².